The number of nitrogens with zero attached hydrogens (tertiary/aromatic N) is 5. The maximum Gasteiger partial charge on any atom is 0.322 e. The summed E-state index contributed by atoms with van der Waals surface area (Å²) in [6.07, 6.45) is 1.62. The number of aryl methyl sites for hydroxylation is 1. The largest absolute Gasteiger partial charge is 0.480 e. The summed E-state index contributed by atoms with van der Waals surface area (Å²) < 4.78 is 9.34. The fourth-order valence-electron chi connectivity index (χ4n) is 2.36. The van der Waals surface area contributed by atoms with E-state index in [2.05, 4.69) is 24.6 Å². The molecule has 1 saturated heterocycles. The molecule has 0 atom stereocenters. The Morgan fingerprint density at radius 3 is 2.78 bits per heavy atom. The van der Waals surface area contributed by atoms with Crippen LogP contribution in [0.4, 0.5) is 15.6 Å². The Kier molecular flexibility index (Phi) is 4.56. The van der Waals surface area contributed by atoms with Gasteiger partial charge >= 0.3 is 6.03 Å². The zero-order chi connectivity index (χ0) is 16.2. The summed E-state index contributed by atoms with van der Waals surface area (Å²) in [5, 5.41) is 3.76. The van der Waals surface area contributed by atoms with Gasteiger partial charge in [0.15, 0.2) is 0 Å². The number of urea groups is 1. The minimum absolute atomic E-state index is 0.149. The Bertz CT molecular complexity index is 683. The first-order valence-corrected chi connectivity index (χ1v) is 8.05. The first-order valence-electron chi connectivity index (χ1n) is 7.27. The lowest BCUT2D eigenvalue weighted by molar-refractivity contribution is 0.208. The molecule has 122 valence electrons. The average Bonchev–Trinajstić information content (AvgIpc) is 3.02. The number of carbonyl (C=O) groups excluding carboxylic acids is 1. The van der Waals surface area contributed by atoms with E-state index in [9.17, 15) is 4.79 Å². The van der Waals surface area contributed by atoms with E-state index in [1.54, 1.807) is 23.2 Å². The predicted molar refractivity (Wildman–Crippen MR) is 88.2 cm³/mol. The number of carbonyl (C=O) groups is 1. The molecule has 0 aromatic carbocycles. The summed E-state index contributed by atoms with van der Waals surface area (Å²) >= 11 is 1.39. The summed E-state index contributed by atoms with van der Waals surface area (Å²) in [5.74, 6) is 1.19. The van der Waals surface area contributed by atoms with Crippen LogP contribution in [-0.4, -0.2) is 58.6 Å². The van der Waals surface area contributed by atoms with E-state index in [-0.39, 0.29) is 6.03 Å². The Morgan fingerprint density at radius 1 is 1.35 bits per heavy atom. The lowest BCUT2D eigenvalue weighted by Crippen LogP contribution is -2.50. The van der Waals surface area contributed by atoms with Crippen molar-refractivity contribution in [3.63, 3.8) is 0 Å². The van der Waals surface area contributed by atoms with Gasteiger partial charge in [-0.2, -0.15) is 4.37 Å². The number of methoxy groups -OCH3 is 1. The van der Waals surface area contributed by atoms with Crippen molar-refractivity contribution in [1.82, 2.24) is 19.2 Å². The maximum absolute atomic E-state index is 12.4. The van der Waals surface area contributed by atoms with Crippen LogP contribution in [0.2, 0.25) is 0 Å². The van der Waals surface area contributed by atoms with Crippen molar-refractivity contribution in [2.45, 2.75) is 6.92 Å². The van der Waals surface area contributed by atoms with Crippen LogP contribution in [0.25, 0.3) is 0 Å². The number of amides is 2. The summed E-state index contributed by atoms with van der Waals surface area (Å²) in [4.78, 5) is 24.8. The van der Waals surface area contributed by atoms with Crippen LogP contribution < -0.4 is 15.0 Å². The van der Waals surface area contributed by atoms with Crippen molar-refractivity contribution in [2.24, 2.45) is 0 Å². The van der Waals surface area contributed by atoms with Gasteiger partial charge in [-0.05, 0) is 19.1 Å². The van der Waals surface area contributed by atoms with Crippen LogP contribution in [0, 0.1) is 6.92 Å². The summed E-state index contributed by atoms with van der Waals surface area (Å²) in [7, 11) is 1.53. The molecule has 1 fully saturated rings. The molecule has 1 aliphatic heterocycles. The van der Waals surface area contributed by atoms with Crippen molar-refractivity contribution in [3.8, 4) is 5.88 Å². The van der Waals surface area contributed by atoms with E-state index in [4.69, 9.17) is 4.74 Å². The molecule has 0 unspecified atom stereocenters. The van der Waals surface area contributed by atoms with Gasteiger partial charge in [0.05, 0.1) is 7.11 Å². The Labute approximate surface area is 138 Å². The average molecular weight is 334 g/mol. The Balaban J connectivity index is 1.58. The van der Waals surface area contributed by atoms with Crippen molar-refractivity contribution >= 4 is 28.4 Å². The highest BCUT2D eigenvalue weighted by Crippen LogP contribution is 2.22. The third-order valence-electron chi connectivity index (χ3n) is 3.56. The molecule has 0 aliphatic carbocycles. The number of rotatable bonds is 3. The van der Waals surface area contributed by atoms with Crippen molar-refractivity contribution < 1.29 is 9.53 Å². The molecule has 0 radical (unpaired) electrons. The number of anilines is 2. The van der Waals surface area contributed by atoms with Crippen LogP contribution >= 0.6 is 11.5 Å². The highest BCUT2D eigenvalue weighted by atomic mass is 32.1. The second kappa shape index (κ2) is 6.78. The summed E-state index contributed by atoms with van der Waals surface area (Å²) in [6, 6.07) is 3.38. The quantitative estimate of drug-likeness (QED) is 0.918. The lowest BCUT2D eigenvalue weighted by atomic mass is 10.3. The second-order valence-corrected chi connectivity index (χ2v) is 5.82. The smallest absolute Gasteiger partial charge is 0.322 e. The van der Waals surface area contributed by atoms with Crippen molar-refractivity contribution in [2.75, 3.05) is 43.5 Å². The molecule has 8 nitrogen and oxygen atoms in total. The normalized spacial score (nSPS) is 14.7. The van der Waals surface area contributed by atoms with E-state index in [0.717, 1.165) is 24.0 Å². The molecule has 0 spiro atoms. The number of pyridine rings is 1. The molecule has 23 heavy (non-hydrogen) atoms. The highest BCUT2D eigenvalue weighted by Gasteiger charge is 2.23. The summed E-state index contributed by atoms with van der Waals surface area (Å²) in [5.41, 5.74) is 0.571. The third kappa shape index (κ3) is 3.50. The second-order valence-electron chi connectivity index (χ2n) is 5.09. The minimum Gasteiger partial charge on any atom is -0.480 e. The molecule has 1 aliphatic rings. The molecule has 3 rings (SSSR count). The number of hydrogen-bond acceptors (Lipinski definition) is 7. The fraction of sp³-hybridized carbons (Fsp3) is 0.429. The highest BCUT2D eigenvalue weighted by molar-refractivity contribution is 7.09. The van der Waals surface area contributed by atoms with Crippen molar-refractivity contribution in [3.05, 3.63) is 24.2 Å². The first-order chi connectivity index (χ1) is 11.2. The SMILES string of the molecule is COc1ncccc1NC(=O)N1CCN(c2nc(C)ns2)CC1. The molecule has 2 amide bonds. The van der Waals surface area contributed by atoms with Gasteiger partial charge in [-0.15, -0.1) is 0 Å². The molecule has 2 aromatic rings. The van der Waals surface area contributed by atoms with Crippen LogP contribution in [0.5, 0.6) is 5.88 Å². The monoisotopic (exact) mass is 334 g/mol. The van der Waals surface area contributed by atoms with Gasteiger partial charge in [0.1, 0.15) is 11.5 Å². The number of piperazine rings is 1. The molecular formula is C14H18N6O2S. The van der Waals surface area contributed by atoms with E-state index in [0.29, 0.717) is 24.7 Å². The number of nitrogens with one attached hydrogen (secondary N) is 1. The van der Waals surface area contributed by atoms with Gasteiger partial charge in [-0.3, -0.25) is 0 Å². The minimum atomic E-state index is -0.149. The van der Waals surface area contributed by atoms with E-state index in [1.165, 1.54) is 18.6 Å². The van der Waals surface area contributed by atoms with Gasteiger partial charge in [0, 0.05) is 43.9 Å². The molecule has 9 heteroatoms. The van der Waals surface area contributed by atoms with E-state index in [1.807, 2.05) is 6.92 Å². The third-order valence-corrected chi connectivity index (χ3v) is 4.43. The molecule has 0 saturated carbocycles. The fourth-order valence-corrected chi connectivity index (χ4v) is 3.08. The Hall–Kier alpha value is -2.42. The van der Waals surface area contributed by atoms with Gasteiger partial charge in [-0.25, -0.2) is 14.8 Å². The zero-order valence-corrected chi connectivity index (χ0v) is 13.8. The van der Waals surface area contributed by atoms with Gasteiger partial charge < -0.3 is 19.9 Å². The van der Waals surface area contributed by atoms with Crippen LogP contribution in [0.1, 0.15) is 5.82 Å². The zero-order valence-electron chi connectivity index (χ0n) is 13.0. The lowest BCUT2D eigenvalue weighted by Gasteiger charge is -2.34. The molecular weight excluding hydrogens is 316 g/mol. The standard InChI is InChI=1S/C14H18N6O2S/c1-10-16-14(23-18-10)20-8-6-19(7-9-20)13(21)17-11-4-3-5-15-12(11)22-2/h3-5H,6-9H2,1-2H3,(H,17,21). The molecule has 3 heterocycles. The first kappa shape index (κ1) is 15.5. The Morgan fingerprint density at radius 2 is 2.13 bits per heavy atom. The number of ether oxygens (including phenoxy) is 1. The van der Waals surface area contributed by atoms with Gasteiger partial charge in [-0.1, -0.05) is 0 Å². The molecule has 1 N–H and O–H groups in total. The maximum atomic E-state index is 12.4. The summed E-state index contributed by atoms with van der Waals surface area (Å²) in [6.45, 7) is 4.63. The van der Waals surface area contributed by atoms with Crippen molar-refractivity contribution in [1.29, 1.82) is 0 Å². The van der Waals surface area contributed by atoms with E-state index >= 15 is 0 Å². The van der Waals surface area contributed by atoms with E-state index < -0.39 is 0 Å². The number of hydrogen-bond donors (Lipinski definition) is 1. The molecule has 0 bridgehead atoms. The van der Waals surface area contributed by atoms with Gasteiger partial charge in [0.2, 0.25) is 11.0 Å². The topological polar surface area (TPSA) is 83.5 Å². The molecule has 2 aromatic heterocycles. The predicted octanol–water partition coefficient (Wildman–Crippen LogP) is 1.60. The van der Waals surface area contributed by atoms with Crippen LogP contribution in [0.3, 0.4) is 0 Å². The van der Waals surface area contributed by atoms with Crippen LogP contribution in [-0.2, 0) is 0 Å². The van der Waals surface area contributed by atoms with Gasteiger partial charge in [0.25, 0.3) is 0 Å². The number of aromatic nitrogens is 3. The van der Waals surface area contributed by atoms with Crippen LogP contribution in [0.15, 0.2) is 18.3 Å².